The van der Waals surface area contributed by atoms with E-state index in [9.17, 15) is 0 Å². The van der Waals surface area contributed by atoms with Gasteiger partial charge in [-0.3, -0.25) is 0 Å². The summed E-state index contributed by atoms with van der Waals surface area (Å²) in [4.78, 5) is 26.8. The van der Waals surface area contributed by atoms with Gasteiger partial charge in [-0.25, -0.2) is 9.59 Å². The first kappa shape index (κ1) is 26.9. The zero-order valence-electron chi connectivity index (χ0n) is 19.9. The second kappa shape index (κ2) is 13.4. The Morgan fingerprint density at radius 2 is 1.24 bits per heavy atom. The van der Waals surface area contributed by atoms with E-state index >= 15 is 0 Å². The van der Waals surface area contributed by atoms with Crippen LogP contribution in [0.1, 0.15) is 51.1 Å². The third-order valence-corrected chi connectivity index (χ3v) is 4.84. The van der Waals surface area contributed by atoms with Gasteiger partial charge in [-0.15, -0.1) is 0 Å². The zero-order chi connectivity index (χ0) is 25.1. The Hall–Kier alpha value is -3.38. The Morgan fingerprint density at radius 1 is 0.853 bits per heavy atom. The molecule has 0 bridgehead atoms. The topological polar surface area (TPSA) is 176 Å². The minimum absolute atomic E-state index is 0.538. The van der Waals surface area contributed by atoms with Crippen molar-refractivity contribution in [3.8, 4) is 0 Å². The molecule has 34 heavy (non-hydrogen) atoms. The maximum atomic E-state index is 9.10. The molecule has 0 amide bonds. The SMILES string of the molecule is CCc1noc(C2=CC(C)CNC2)n1.CCc1noc(C2=CC(C)CNC2)n1.O=C(O)C(=O)O. The summed E-state index contributed by atoms with van der Waals surface area (Å²) in [5.41, 5.74) is 2.24. The minimum atomic E-state index is -1.82. The lowest BCUT2D eigenvalue weighted by Crippen LogP contribution is -2.27. The van der Waals surface area contributed by atoms with Crippen LogP contribution in [0.2, 0.25) is 0 Å². The Balaban J connectivity index is 0.000000196. The van der Waals surface area contributed by atoms with Crippen LogP contribution < -0.4 is 10.6 Å². The number of aliphatic carboxylic acids is 2. The number of nitrogens with one attached hydrogen (secondary N) is 2. The molecule has 12 nitrogen and oxygen atoms in total. The average molecular weight is 477 g/mol. The molecule has 0 fully saturated rings. The Labute approximate surface area is 197 Å². The summed E-state index contributed by atoms with van der Waals surface area (Å²) in [7, 11) is 0. The van der Waals surface area contributed by atoms with Gasteiger partial charge in [-0.2, -0.15) is 9.97 Å². The summed E-state index contributed by atoms with van der Waals surface area (Å²) in [6.45, 7) is 12.1. The fourth-order valence-electron chi connectivity index (χ4n) is 3.14. The Bertz CT molecular complexity index is 931. The molecule has 0 saturated heterocycles. The molecule has 2 aliphatic rings. The lowest BCUT2D eigenvalue weighted by molar-refractivity contribution is -0.159. The lowest BCUT2D eigenvalue weighted by Gasteiger charge is -2.16. The normalized spacial score (nSPS) is 19.5. The Morgan fingerprint density at radius 3 is 1.50 bits per heavy atom. The molecule has 0 radical (unpaired) electrons. The molecular formula is C22H32N6O6. The molecule has 12 heteroatoms. The zero-order valence-corrected chi connectivity index (χ0v) is 19.9. The summed E-state index contributed by atoms with van der Waals surface area (Å²) in [6, 6.07) is 0. The number of carboxylic acid groups (broad SMARTS) is 2. The number of carboxylic acids is 2. The van der Waals surface area contributed by atoms with Gasteiger partial charge in [0.1, 0.15) is 0 Å². The van der Waals surface area contributed by atoms with Gasteiger partial charge in [0.25, 0.3) is 11.8 Å². The smallest absolute Gasteiger partial charge is 0.414 e. The van der Waals surface area contributed by atoms with Crippen LogP contribution in [0.5, 0.6) is 0 Å². The van der Waals surface area contributed by atoms with E-state index in [2.05, 4.69) is 56.9 Å². The van der Waals surface area contributed by atoms with Crippen LogP contribution in [0.25, 0.3) is 11.1 Å². The molecule has 2 aromatic rings. The fourth-order valence-corrected chi connectivity index (χ4v) is 3.14. The van der Waals surface area contributed by atoms with Gasteiger partial charge in [0.15, 0.2) is 11.6 Å². The number of hydrogen-bond acceptors (Lipinski definition) is 10. The van der Waals surface area contributed by atoms with Crippen molar-refractivity contribution >= 4 is 23.1 Å². The third-order valence-electron chi connectivity index (χ3n) is 4.84. The van der Waals surface area contributed by atoms with E-state index in [-0.39, 0.29) is 0 Å². The molecule has 2 atom stereocenters. The fraction of sp³-hybridized carbons (Fsp3) is 0.545. The van der Waals surface area contributed by atoms with E-state index in [0.717, 1.165) is 61.8 Å². The molecule has 0 aromatic carbocycles. The number of aryl methyl sites for hydroxylation is 2. The highest BCUT2D eigenvalue weighted by atomic mass is 16.5. The van der Waals surface area contributed by atoms with Gasteiger partial charge >= 0.3 is 11.9 Å². The van der Waals surface area contributed by atoms with Crippen molar-refractivity contribution < 1.29 is 28.8 Å². The van der Waals surface area contributed by atoms with Gasteiger partial charge in [0.2, 0.25) is 0 Å². The second-order valence-corrected chi connectivity index (χ2v) is 7.95. The van der Waals surface area contributed by atoms with Crippen LogP contribution >= 0.6 is 0 Å². The van der Waals surface area contributed by atoms with E-state index in [1.54, 1.807) is 0 Å². The first-order valence-corrected chi connectivity index (χ1v) is 11.2. The highest BCUT2D eigenvalue weighted by Gasteiger charge is 2.16. The van der Waals surface area contributed by atoms with Crippen molar-refractivity contribution in [1.29, 1.82) is 0 Å². The first-order valence-electron chi connectivity index (χ1n) is 11.2. The summed E-state index contributed by atoms with van der Waals surface area (Å²) in [5, 5.41) is 29.2. The second-order valence-electron chi connectivity index (χ2n) is 7.95. The van der Waals surface area contributed by atoms with Gasteiger partial charge in [-0.05, 0) is 11.8 Å². The summed E-state index contributed by atoms with van der Waals surface area (Å²) >= 11 is 0. The monoisotopic (exact) mass is 476 g/mol. The third kappa shape index (κ3) is 8.52. The quantitative estimate of drug-likeness (QED) is 0.470. The maximum Gasteiger partial charge on any atom is 0.414 e. The van der Waals surface area contributed by atoms with Crippen LogP contribution in [0.4, 0.5) is 0 Å². The molecule has 4 N–H and O–H groups in total. The number of aromatic nitrogens is 4. The summed E-state index contributed by atoms with van der Waals surface area (Å²) in [6.07, 6.45) is 6.03. The lowest BCUT2D eigenvalue weighted by atomic mass is 10.0. The molecule has 2 aromatic heterocycles. The van der Waals surface area contributed by atoms with Crippen molar-refractivity contribution in [2.75, 3.05) is 26.2 Å². The highest BCUT2D eigenvalue weighted by Crippen LogP contribution is 2.18. The van der Waals surface area contributed by atoms with Crippen molar-refractivity contribution in [3.05, 3.63) is 35.6 Å². The van der Waals surface area contributed by atoms with Gasteiger partial charge < -0.3 is 29.9 Å². The number of rotatable bonds is 4. The van der Waals surface area contributed by atoms with E-state index in [1.165, 1.54) is 0 Å². The molecule has 0 aliphatic carbocycles. The largest absolute Gasteiger partial charge is 0.473 e. The summed E-state index contributed by atoms with van der Waals surface area (Å²) < 4.78 is 10.3. The molecule has 4 heterocycles. The number of nitrogens with zero attached hydrogens (tertiary/aromatic N) is 4. The van der Waals surface area contributed by atoms with Gasteiger partial charge in [0, 0.05) is 50.2 Å². The van der Waals surface area contributed by atoms with Crippen LogP contribution in [-0.2, 0) is 22.4 Å². The van der Waals surface area contributed by atoms with Gasteiger partial charge in [0.05, 0.1) is 0 Å². The molecule has 2 aliphatic heterocycles. The number of hydrogen-bond donors (Lipinski definition) is 4. The highest BCUT2D eigenvalue weighted by molar-refractivity contribution is 6.27. The molecule has 4 rings (SSSR count). The van der Waals surface area contributed by atoms with Crippen molar-refractivity contribution in [2.24, 2.45) is 11.8 Å². The molecule has 0 spiro atoms. The predicted molar refractivity (Wildman–Crippen MR) is 123 cm³/mol. The standard InChI is InChI=1S/2C10H15N3O.C2H2O4/c2*1-3-9-12-10(14-13-9)8-4-7(2)5-11-6-8;3-1(4)2(5)6/h2*4,7,11H,3,5-6H2,1-2H3;(H,3,4)(H,5,6). The van der Waals surface area contributed by atoms with E-state index < -0.39 is 11.9 Å². The molecule has 2 unspecified atom stereocenters. The van der Waals surface area contributed by atoms with Crippen LogP contribution in [0.3, 0.4) is 0 Å². The summed E-state index contributed by atoms with van der Waals surface area (Å²) in [5.74, 6) is 0.316. The van der Waals surface area contributed by atoms with Gasteiger partial charge in [-0.1, -0.05) is 50.2 Å². The average Bonchev–Trinajstić information content (AvgIpc) is 3.50. The van der Waals surface area contributed by atoms with Crippen LogP contribution in [-0.4, -0.2) is 68.6 Å². The molecular weight excluding hydrogens is 444 g/mol. The number of carbonyl (C=O) groups is 2. The van der Waals surface area contributed by atoms with Crippen LogP contribution in [0, 0.1) is 11.8 Å². The van der Waals surface area contributed by atoms with Crippen molar-refractivity contribution in [3.63, 3.8) is 0 Å². The van der Waals surface area contributed by atoms with Crippen LogP contribution in [0.15, 0.2) is 21.2 Å². The first-order chi connectivity index (χ1) is 16.2. The van der Waals surface area contributed by atoms with E-state index in [0.29, 0.717) is 23.6 Å². The van der Waals surface area contributed by atoms with E-state index in [1.807, 2.05) is 13.8 Å². The molecule has 0 saturated carbocycles. The van der Waals surface area contributed by atoms with Crippen molar-refractivity contribution in [2.45, 2.75) is 40.5 Å². The maximum absolute atomic E-state index is 9.10. The molecule has 186 valence electrons. The minimum Gasteiger partial charge on any atom is -0.473 e. The van der Waals surface area contributed by atoms with E-state index in [4.69, 9.17) is 28.8 Å². The Kier molecular flexibility index (Phi) is 10.6. The van der Waals surface area contributed by atoms with Crippen molar-refractivity contribution in [1.82, 2.24) is 30.9 Å². The predicted octanol–water partition coefficient (Wildman–Crippen LogP) is 1.67.